The van der Waals surface area contributed by atoms with Crippen LogP contribution in [0.3, 0.4) is 0 Å². The summed E-state index contributed by atoms with van der Waals surface area (Å²) in [4.78, 5) is 16.4. The maximum Gasteiger partial charge on any atom is 0.252 e. The lowest BCUT2D eigenvalue weighted by Crippen LogP contribution is -2.35. The molecule has 0 aliphatic heterocycles. The lowest BCUT2D eigenvalue weighted by molar-refractivity contribution is 0.0932. The number of hydrogen-bond acceptors (Lipinski definition) is 3. The summed E-state index contributed by atoms with van der Waals surface area (Å²) in [7, 11) is 0. The summed E-state index contributed by atoms with van der Waals surface area (Å²) in [5, 5.41) is 11.9. The first kappa shape index (κ1) is 17.2. The molecule has 0 aromatic carbocycles. The Kier molecular flexibility index (Phi) is 8.15. The molecule has 0 radical (unpaired) electrons. The van der Waals surface area contributed by atoms with E-state index in [2.05, 4.69) is 36.0 Å². The average molecular weight is 288 g/mol. The second-order valence-corrected chi connectivity index (χ2v) is 4.98. The Morgan fingerprint density at radius 3 is 2.86 bits per heavy atom. The van der Waals surface area contributed by atoms with E-state index in [1.807, 2.05) is 0 Å². The second kappa shape index (κ2) is 9.95. The van der Waals surface area contributed by atoms with Crippen molar-refractivity contribution in [2.24, 2.45) is 0 Å². The number of aliphatic hydroxyl groups excluding tert-OH is 1. The standard InChI is InChI=1S/C17H24N2O2/c1-3-5-9-15(7-4-2)19-17(21)16-10-11-18-13-14(16)8-6-12-20/h10-11,13,15,20H,3-5,7,9,12H2,1-2H3,(H,19,21). The van der Waals surface area contributed by atoms with Gasteiger partial charge in [-0.1, -0.05) is 45.0 Å². The van der Waals surface area contributed by atoms with E-state index in [9.17, 15) is 4.79 Å². The molecule has 0 bridgehead atoms. The van der Waals surface area contributed by atoms with Crippen LogP contribution in [0.5, 0.6) is 0 Å². The number of nitrogens with zero attached hydrogens (tertiary/aromatic N) is 1. The van der Waals surface area contributed by atoms with Crippen molar-refractivity contribution in [2.75, 3.05) is 6.61 Å². The number of hydrogen-bond donors (Lipinski definition) is 2. The molecule has 114 valence electrons. The fourth-order valence-corrected chi connectivity index (χ4v) is 2.18. The molecular formula is C17H24N2O2. The highest BCUT2D eigenvalue weighted by molar-refractivity contribution is 5.96. The van der Waals surface area contributed by atoms with E-state index in [1.165, 1.54) is 0 Å². The molecule has 4 nitrogen and oxygen atoms in total. The third kappa shape index (κ3) is 5.97. The van der Waals surface area contributed by atoms with Crippen LogP contribution in [0.15, 0.2) is 18.5 Å². The zero-order valence-electron chi connectivity index (χ0n) is 12.9. The number of aromatic nitrogens is 1. The molecule has 21 heavy (non-hydrogen) atoms. The fourth-order valence-electron chi connectivity index (χ4n) is 2.18. The Morgan fingerprint density at radius 1 is 1.38 bits per heavy atom. The molecule has 1 unspecified atom stereocenters. The molecule has 1 amide bonds. The SMILES string of the molecule is CCCCC(CCC)NC(=O)c1ccncc1C#CCO. The third-order valence-electron chi connectivity index (χ3n) is 3.25. The van der Waals surface area contributed by atoms with Gasteiger partial charge in [0.05, 0.1) is 11.1 Å². The Balaban J connectivity index is 2.81. The predicted octanol–water partition coefficient (Wildman–Crippen LogP) is 2.51. The second-order valence-electron chi connectivity index (χ2n) is 4.98. The molecule has 1 aromatic heterocycles. The molecule has 0 fully saturated rings. The first-order chi connectivity index (χ1) is 10.2. The van der Waals surface area contributed by atoms with E-state index < -0.39 is 0 Å². The van der Waals surface area contributed by atoms with E-state index in [-0.39, 0.29) is 18.6 Å². The first-order valence-corrected chi connectivity index (χ1v) is 7.57. The van der Waals surface area contributed by atoms with Crippen LogP contribution < -0.4 is 5.32 Å². The highest BCUT2D eigenvalue weighted by atomic mass is 16.2. The van der Waals surface area contributed by atoms with Gasteiger partial charge in [-0.3, -0.25) is 9.78 Å². The number of unbranched alkanes of at least 4 members (excludes halogenated alkanes) is 1. The van der Waals surface area contributed by atoms with Crippen molar-refractivity contribution >= 4 is 5.91 Å². The van der Waals surface area contributed by atoms with Crippen molar-refractivity contribution in [1.29, 1.82) is 0 Å². The van der Waals surface area contributed by atoms with Crippen LogP contribution in [-0.4, -0.2) is 28.6 Å². The van der Waals surface area contributed by atoms with Crippen molar-refractivity contribution in [3.63, 3.8) is 0 Å². The molecule has 1 heterocycles. The molecule has 1 atom stereocenters. The van der Waals surface area contributed by atoms with Crippen LogP contribution in [0.4, 0.5) is 0 Å². The van der Waals surface area contributed by atoms with Crippen LogP contribution in [0.1, 0.15) is 61.9 Å². The molecule has 2 N–H and O–H groups in total. The van der Waals surface area contributed by atoms with Gasteiger partial charge in [0.2, 0.25) is 0 Å². The normalized spacial score (nSPS) is 11.4. The van der Waals surface area contributed by atoms with E-state index in [4.69, 9.17) is 5.11 Å². The zero-order chi connectivity index (χ0) is 15.5. The smallest absolute Gasteiger partial charge is 0.252 e. The molecule has 0 saturated heterocycles. The summed E-state index contributed by atoms with van der Waals surface area (Å²) < 4.78 is 0. The van der Waals surface area contributed by atoms with Gasteiger partial charge in [0, 0.05) is 18.4 Å². The highest BCUT2D eigenvalue weighted by Gasteiger charge is 2.15. The van der Waals surface area contributed by atoms with Gasteiger partial charge in [0.15, 0.2) is 0 Å². The van der Waals surface area contributed by atoms with Gasteiger partial charge in [-0.05, 0) is 18.9 Å². The first-order valence-electron chi connectivity index (χ1n) is 7.57. The van der Waals surface area contributed by atoms with Crippen molar-refractivity contribution in [3.05, 3.63) is 29.6 Å². The summed E-state index contributed by atoms with van der Waals surface area (Å²) in [5.41, 5.74) is 1.07. The molecule has 0 saturated carbocycles. The maximum absolute atomic E-state index is 12.4. The zero-order valence-corrected chi connectivity index (χ0v) is 12.9. The Bertz CT molecular complexity index is 503. The minimum atomic E-state index is -0.231. The summed E-state index contributed by atoms with van der Waals surface area (Å²) in [6, 6.07) is 1.87. The van der Waals surface area contributed by atoms with Gasteiger partial charge in [-0.25, -0.2) is 0 Å². The molecular weight excluding hydrogens is 264 g/mol. The van der Waals surface area contributed by atoms with Crippen LogP contribution >= 0.6 is 0 Å². The van der Waals surface area contributed by atoms with Crippen molar-refractivity contribution in [2.45, 2.75) is 52.0 Å². The Hall–Kier alpha value is -1.86. The van der Waals surface area contributed by atoms with Gasteiger partial charge in [-0.15, -0.1) is 0 Å². The number of carbonyl (C=O) groups is 1. The molecule has 0 aliphatic rings. The lowest BCUT2D eigenvalue weighted by Gasteiger charge is -2.18. The van der Waals surface area contributed by atoms with Gasteiger partial charge < -0.3 is 10.4 Å². The number of pyridine rings is 1. The lowest BCUT2D eigenvalue weighted by atomic mass is 10.0. The van der Waals surface area contributed by atoms with E-state index >= 15 is 0 Å². The molecule has 4 heteroatoms. The molecule has 0 aliphatic carbocycles. The highest BCUT2D eigenvalue weighted by Crippen LogP contribution is 2.10. The van der Waals surface area contributed by atoms with Gasteiger partial charge in [0.1, 0.15) is 6.61 Å². The summed E-state index contributed by atoms with van der Waals surface area (Å²) >= 11 is 0. The predicted molar refractivity (Wildman–Crippen MR) is 83.9 cm³/mol. The monoisotopic (exact) mass is 288 g/mol. The van der Waals surface area contributed by atoms with Crippen LogP contribution in [-0.2, 0) is 0 Å². The van der Waals surface area contributed by atoms with Crippen molar-refractivity contribution in [3.8, 4) is 11.8 Å². The van der Waals surface area contributed by atoms with Gasteiger partial charge in [0.25, 0.3) is 5.91 Å². The van der Waals surface area contributed by atoms with E-state index in [0.29, 0.717) is 11.1 Å². The summed E-state index contributed by atoms with van der Waals surface area (Å²) in [6.45, 7) is 4.04. The fraction of sp³-hybridized carbons (Fsp3) is 0.529. The Morgan fingerprint density at radius 2 is 2.19 bits per heavy atom. The quantitative estimate of drug-likeness (QED) is 0.758. The third-order valence-corrected chi connectivity index (χ3v) is 3.25. The maximum atomic E-state index is 12.4. The topological polar surface area (TPSA) is 62.2 Å². The minimum Gasteiger partial charge on any atom is -0.384 e. The number of amides is 1. The average Bonchev–Trinajstić information content (AvgIpc) is 2.51. The molecule has 1 aromatic rings. The van der Waals surface area contributed by atoms with E-state index in [1.54, 1.807) is 18.5 Å². The van der Waals surface area contributed by atoms with Gasteiger partial charge >= 0.3 is 0 Å². The number of aliphatic hydroxyl groups is 1. The van der Waals surface area contributed by atoms with Crippen molar-refractivity contribution in [1.82, 2.24) is 10.3 Å². The molecule has 0 spiro atoms. The van der Waals surface area contributed by atoms with Crippen LogP contribution in [0, 0.1) is 11.8 Å². The summed E-state index contributed by atoms with van der Waals surface area (Å²) in [6.07, 6.45) is 8.39. The van der Waals surface area contributed by atoms with E-state index in [0.717, 1.165) is 32.1 Å². The summed E-state index contributed by atoms with van der Waals surface area (Å²) in [5.74, 6) is 5.21. The largest absolute Gasteiger partial charge is 0.384 e. The van der Waals surface area contributed by atoms with Crippen molar-refractivity contribution < 1.29 is 9.90 Å². The van der Waals surface area contributed by atoms with Gasteiger partial charge in [-0.2, -0.15) is 0 Å². The Labute approximate surface area is 127 Å². The molecule has 1 rings (SSSR count). The number of rotatable bonds is 7. The van der Waals surface area contributed by atoms with Crippen LogP contribution in [0.25, 0.3) is 0 Å². The number of nitrogens with one attached hydrogen (secondary N) is 1. The number of carbonyl (C=O) groups excluding carboxylic acids is 1. The minimum absolute atomic E-state index is 0.116. The van der Waals surface area contributed by atoms with Crippen LogP contribution in [0.2, 0.25) is 0 Å².